The number of ether oxygens (including phenoxy) is 1. The Balaban J connectivity index is 1.61. The van der Waals surface area contributed by atoms with Crippen LogP contribution in [0.4, 0.5) is 5.69 Å². The number of carbonyl (C=O) groups excluding carboxylic acids is 1. The maximum atomic E-state index is 12.5. The van der Waals surface area contributed by atoms with Crippen molar-refractivity contribution >= 4 is 11.6 Å². The number of benzene rings is 2. The zero-order valence-electron chi connectivity index (χ0n) is 16.2. The second kappa shape index (κ2) is 8.08. The summed E-state index contributed by atoms with van der Waals surface area (Å²) in [4.78, 5) is 12.5. The van der Waals surface area contributed by atoms with Crippen molar-refractivity contribution in [3.63, 3.8) is 0 Å². The van der Waals surface area contributed by atoms with Gasteiger partial charge in [-0.25, -0.2) is 4.68 Å². The number of hydrogen-bond donors (Lipinski definition) is 1. The van der Waals surface area contributed by atoms with Gasteiger partial charge in [-0.1, -0.05) is 44.2 Å². The van der Waals surface area contributed by atoms with Crippen molar-refractivity contribution < 1.29 is 9.53 Å². The van der Waals surface area contributed by atoms with Gasteiger partial charge in [0.15, 0.2) is 12.4 Å². The molecule has 0 radical (unpaired) electrons. The van der Waals surface area contributed by atoms with Crippen LogP contribution in [0.1, 0.15) is 46.9 Å². The molecule has 0 aliphatic carbocycles. The molecule has 3 rings (SSSR count). The highest BCUT2D eigenvalue weighted by atomic mass is 16.5. The van der Waals surface area contributed by atoms with E-state index in [1.807, 2.05) is 44.2 Å². The highest BCUT2D eigenvalue weighted by molar-refractivity contribution is 6.03. The van der Waals surface area contributed by atoms with E-state index in [0.29, 0.717) is 11.6 Å². The van der Waals surface area contributed by atoms with Crippen LogP contribution in [-0.4, -0.2) is 15.7 Å². The molecule has 0 spiro atoms. The van der Waals surface area contributed by atoms with Crippen LogP contribution in [0.2, 0.25) is 0 Å². The normalized spacial score (nSPS) is 10.9. The number of aryl methyl sites for hydroxylation is 2. The molecule has 0 saturated carbocycles. The fourth-order valence-corrected chi connectivity index (χ4v) is 2.83. The predicted molar refractivity (Wildman–Crippen MR) is 107 cm³/mol. The zero-order valence-corrected chi connectivity index (χ0v) is 16.2. The Bertz CT molecular complexity index is 907. The van der Waals surface area contributed by atoms with Gasteiger partial charge in [-0.3, -0.25) is 4.79 Å². The average Bonchev–Trinajstić information content (AvgIpc) is 3.12. The van der Waals surface area contributed by atoms with Crippen molar-refractivity contribution in [1.82, 2.24) is 9.78 Å². The summed E-state index contributed by atoms with van der Waals surface area (Å²) in [5.41, 5.74) is 4.51. The Morgan fingerprint density at radius 2 is 1.74 bits per heavy atom. The molecular formula is C22H25N3O2. The van der Waals surface area contributed by atoms with Crippen molar-refractivity contribution in [2.45, 2.75) is 40.3 Å². The van der Waals surface area contributed by atoms with E-state index in [4.69, 9.17) is 4.74 Å². The highest BCUT2D eigenvalue weighted by Gasteiger charge is 2.12. The first-order valence-electron chi connectivity index (χ1n) is 9.08. The molecule has 5 heteroatoms. The second-order valence-corrected chi connectivity index (χ2v) is 6.96. The smallest absolute Gasteiger partial charge is 0.276 e. The minimum absolute atomic E-state index is 0.229. The van der Waals surface area contributed by atoms with E-state index >= 15 is 0 Å². The lowest BCUT2D eigenvalue weighted by Crippen LogP contribution is -2.15. The number of rotatable bonds is 6. The number of hydrogen-bond acceptors (Lipinski definition) is 3. The van der Waals surface area contributed by atoms with E-state index in [-0.39, 0.29) is 12.6 Å². The molecule has 0 bridgehead atoms. The van der Waals surface area contributed by atoms with Gasteiger partial charge in [-0.05, 0) is 54.7 Å². The first-order valence-corrected chi connectivity index (χ1v) is 9.08. The molecular weight excluding hydrogens is 338 g/mol. The molecule has 0 fully saturated rings. The number of nitrogens with zero attached hydrogens (tertiary/aromatic N) is 2. The fraction of sp³-hybridized carbons (Fsp3) is 0.273. The Hall–Kier alpha value is -3.08. The minimum atomic E-state index is -0.229. The van der Waals surface area contributed by atoms with Crippen LogP contribution in [0.3, 0.4) is 0 Å². The summed E-state index contributed by atoms with van der Waals surface area (Å²) >= 11 is 0. The van der Waals surface area contributed by atoms with Gasteiger partial charge in [-0.15, -0.1) is 0 Å². The van der Waals surface area contributed by atoms with Gasteiger partial charge < -0.3 is 10.1 Å². The largest absolute Gasteiger partial charge is 0.471 e. The molecule has 0 atom stereocenters. The van der Waals surface area contributed by atoms with Crippen LogP contribution in [0.25, 0.3) is 0 Å². The van der Waals surface area contributed by atoms with E-state index in [1.165, 1.54) is 5.56 Å². The molecule has 1 heterocycles. The van der Waals surface area contributed by atoms with Crippen LogP contribution in [0, 0.1) is 13.8 Å². The van der Waals surface area contributed by atoms with E-state index in [2.05, 4.69) is 36.4 Å². The molecule has 0 unspecified atom stereocenters. The van der Waals surface area contributed by atoms with Gasteiger partial charge >= 0.3 is 0 Å². The standard InChI is InChI=1S/C22H25N3O2/c1-15(2)18-8-10-19(11-9-18)27-14-25-13-12-20(24-25)22(26)23-21-16(3)6-5-7-17(21)4/h5-13,15H,14H2,1-4H3,(H,23,26). The topological polar surface area (TPSA) is 56.2 Å². The monoisotopic (exact) mass is 363 g/mol. The molecule has 0 aliphatic rings. The van der Waals surface area contributed by atoms with Crippen molar-refractivity contribution in [1.29, 1.82) is 0 Å². The van der Waals surface area contributed by atoms with Gasteiger partial charge in [0, 0.05) is 11.9 Å². The number of anilines is 1. The Morgan fingerprint density at radius 3 is 2.37 bits per heavy atom. The maximum absolute atomic E-state index is 12.5. The first kappa shape index (κ1) is 18.7. The number of carbonyl (C=O) groups is 1. The van der Waals surface area contributed by atoms with Gasteiger partial charge in [0.25, 0.3) is 5.91 Å². The molecule has 1 aromatic heterocycles. The summed E-state index contributed by atoms with van der Waals surface area (Å²) in [6, 6.07) is 15.6. The lowest BCUT2D eigenvalue weighted by Gasteiger charge is -2.10. The van der Waals surface area contributed by atoms with Crippen molar-refractivity contribution in [2.24, 2.45) is 0 Å². The third kappa shape index (κ3) is 4.56. The Morgan fingerprint density at radius 1 is 1.07 bits per heavy atom. The minimum Gasteiger partial charge on any atom is -0.471 e. The molecule has 0 saturated heterocycles. The predicted octanol–water partition coefficient (Wildman–Crippen LogP) is 4.91. The summed E-state index contributed by atoms with van der Waals surface area (Å²) in [7, 11) is 0. The van der Waals surface area contributed by atoms with Crippen LogP contribution < -0.4 is 10.1 Å². The second-order valence-electron chi connectivity index (χ2n) is 6.96. The van der Waals surface area contributed by atoms with Gasteiger partial charge in [0.05, 0.1) is 0 Å². The van der Waals surface area contributed by atoms with Crippen LogP contribution in [-0.2, 0) is 6.73 Å². The average molecular weight is 363 g/mol. The zero-order chi connectivity index (χ0) is 19.4. The maximum Gasteiger partial charge on any atom is 0.276 e. The van der Waals surface area contributed by atoms with E-state index in [9.17, 15) is 4.79 Å². The number of nitrogens with one attached hydrogen (secondary N) is 1. The number of para-hydroxylation sites is 1. The van der Waals surface area contributed by atoms with Crippen molar-refractivity contribution in [2.75, 3.05) is 5.32 Å². The number of aromatic nitrogens is 2. The van der Waals surface area contributed by atoms with Crippen LogP contribution in [0.5, 0.6) is 5.75 Å². The van der Waals surface area contributed by atoms with Gasteiger partial charge in [0.1, 0.15) is 5.75 Å². The Labute approximate surface area is 160 Å². The quantitative estimate of drug-likeness (QED) is 0.677. The lowest BCUT2D eigenvalue weighted by atomic mass is 10.0. The lowest BCUT2D eigenvalue weighted by molar-refractivity contribution is 0.102. The van der Waals surface area contributed by atoms with Crippen molar-refractivity contribution in [3.05, 3.63) is 77.1 Å². The summed E-state index contributed by atoms with van der Waals surface area (Å²) < 4.78 is 7.35. The van der Waals surface area contributed by atoms with E-state index < -0.39 is 0 Å². The molecule has 1 N–H and O–H groups in total. The number of amides is 1. The summed E-state index contributed by atoms with van der Waals surface area (Å²) in [6.45, 7) is 8.51. The summed E-state index contributed by atoms with van der Waals surface area (Å²) in [5.74, 6) is 1.03. The van der Waals surface area contributed by atoms with Gasteiger partial charge in [0.2, 0.25) is 0 Å². The van der Waals surface area contributed by atoms with Crippen molar-refractivity contribution in [3.8, 4) is 5.75 Å². The molecule has 27 heavy (non-hydrogen) atoms. The summed E-state index contributed by atoms with van der Waals surface area (Å²) in [5, 5.41) is 7.25. The van der Waals surface area contributed by atoms with Crippen LogP contribution in [0.15, 0.2) is 54.7 Å². The van der Waals surface area contributed by atoms with E-state index in [0.717, 1.165) is 22.6 Å². The first-order chi connectivity index (χ1) is 12.9. The third-order valence-electron chi connectivity index (χ3n) is 4.50. The molecule has 1 amide bonds. The molecule has 2 aromatic carbocycles. The van der Waals surface area contributed by atoms with E-state index in [1.54, 1.807) is 16.9 Å². The highest BCUT2D eigenvalue weighted by Crippen LogP contribution is 2.20. The SMILES string of the molecule is Cc1cccc(C)c1NC(=O)c1ccn(COc2ccc(C(C)C)cc2)n1. The molecule has 0 aliphatic heterocycles. The molecule has 140 valence electrons. The third-order valence-corrected chi connectivity index (χ3v) is 4.50. The Kier molecular flexibility index (Phi) is 5.60. The molecule has 3 aromatic rings. The van der Waals surface area contributed by atoms with Crippen LogP contribution >= 0.6 is 0 Å². The fourth-order valence-electron chi connectivity index (χ4n) is 2.83. The summed E-state index contributed by atoms with van der Waals surface area (Å²) in [6.07, 6.45) is 1.74. The molecule has 5 nitrogen and oxygen atoms in total. The van der Waals surface area contributed by atoms with Gasteiger partial charge in [-0.2, -0.15) is 5.10 Å².